The molecule has 0 aromatic heterocycles. The molecule has 0 bridgehead atoms. The lowest BCUT2D eigenvalue weighted by molar-refractivity contribution is -0.147. The molecule has 5 nitrogen and oxygen atoms in total. The Morgan fingerprint density at radius 1 is 1.00 bits per heavy atom. The molecule has 2 spiro atoms. The lowest BCUT2D eigenvalue weighted by Crippen LogP contribution is -2.58. The van der Waals surface area contributed by atoms with Gasteiger partial charge in [0.1, 0.15) is 17.1 Å². The van der Waals surface area contributed by atoms with Crippen molar-refractivity contribution in [2.45, 2.75) is 63.3 Å². The predicted octanol–water partition coefficient (Wildman–Crippen LogP) is 6.30. The van der Waals surface area contributed by atoms with Crippen LogP contribution in [0, 0.1) is 29.6 Å². The second-order valence-corrected chi connectivity index (χ2v) is 13.8. The smallest absolute Gasteiger partial charge is 0.250 e. The van der Waals surface area contributed by atoms with E-state index < -0.39 is 16.4 Å². The predicted molar refractivity (Wildman–Crippen MR) is 159 cm³/mol. The van der Waals surface area contributed by atoms with E-state index >= 15 is 4.79 Å². The molecule has 2 saturated carbocycles. The molecular weight excluding hydrogens is 508 g/mol. The molecule has 1 amide bonds. The molecule has 7 atom stereocenters. The molecule has 0 radical (unpaired) electrons. The van der Waals surface area contributed by atoms with E-state index in [0.717, 1.165) is 48.9 Å². The summed E-state index contributed by atoms with van der Waals surface area (Å²) >= 11 is 0. The minimum Gasteiger partial charge on any atom is -0.508 e. The van der Waals surface area contributed by atoms with E-state index in [1.165, 1.54) is 16.7 Å². The van der Waals surface area contributed by atoms with Crippen LogP contribution in [-0.4, -0.2) is 35.3 Å². The van der Waals surface area contributed by atoms with Gasteiger partial charge in [-0.15, -0.1) is 0 Å². The molecule has 3 fully saturated rings. The number of ketones is 1. The first-order valence-corrected chi connectivity index (χ1v) is 15.3. The van der Waals surface area contributed by atoms with E-state index in [4.69, 9.17) is 0 Å². The van der Waals surface area contributed by atoms with E-state index in [9.17, 15) is 9.90 Å². The van der Waals surface area contributed by atoms with Gasteiger partial charge in [-0.3, -0.25) is 14.5 Å². The third-order valence-corrected chi connectivity index (χ3v) is 12.2. The van der Waals surface area contributed by atoms with Gasteiger partial charge in [-0.25, -0.2) is 0 Å². The number of benzene rings is 3. The van der Waals surface area contributed by atoms with E-state index in [-0.39, 0.29) is 17.7 Å². The number of hydrogen-bond donors (Lipinski definition) is 2. The highest BCUT2D eigenvalue weighted by molar-refractivity contribution is 6.12. The van der Waals surface area contributed by atoms with Crippen molar-refractivity contribution in [3.05, 3.63) is 94.5 Å². The maximum atomic E-state index is 15.5. The Kier molecular flexibility index (Phi) is 5.13. The van der Waals surface area contributed by atoms with Crippen LogP contribution in [0.5, 0.6) is 5.75 Å². The molecule has 8 rings (SSSR count). The number of aryl methyl sites for hydroxylation is 2. The number of Topliss-reactive ketones (excluding diaryl/α,β-unsaturated/α-hetero) is 1. The van der Waals surface area contributed by atoms with Crippen molar-refractivity contribution in [1.29, 1.82) is 0 Å². The van der Waals surface area contributed by atoms with Crippen molar-refractivity contribution in [1.82, 2.24) is 4.90 Å². The van der Waals surface area contributed by atoms with Crippen LogP contribution < -0.4 is 5.32 Å². The summed E-state index contributed by atoms with van der Waals surface area (Å²) in [6.45, 7) is 4.99. The van der Waals surface area contributed by atoms with Crippen molar-refractivity contribution in [3.63, 3.8) is 0 Å². The molecule has 5 heteroatoms. The van der Waals surface area contributed by atoms with Crippen LogP contribution in [-0.2, 0) is 21.5 Å². The molecule has 5 aliphatic rings. The number of rotatable bonds is 1. The van der Waals surface area contributed by atoms with Gasteiger partial charge in [0.05, 0.1) is 5.41 Å². The summed E-state index contributed by atoms with van der Waals surface area (Å²) < 4.78 is 0. The number of fused-ring (bicyclic) bond motifs is 8. The van der Waals surface area contributed by atoms with Crippen molar-refractivity contribution in [2.24, 2.45) is 22.7 Å². The van der Waals surface area contributed by atoms with Gasteiger partial charge in [-0.1, -0.05) is 61.0 Å². The largest absolute Gasteiger partial charge is 0.508 e. The normalized spacial score (nSPS) is 37.1. The number of nitrogens with zero attached hydrogens (tertiary/aromatic N) is 1. The molecule has 2 aliphatic heterocycles. The van der Waals surface area contributed by atoms with E-state index in [1.807, 2.05) is 30.3 Å². The van der Waals surface area contributed by atoms with E-state index in [2.05, 4.69) is 67.5 Å². The molecule has 3 aromatic rings. The number of phenolic OH excluding ortho intramolecular Hbond substituents is 1. The SMILES string of the molecule is Cc1ccc([C@H]2CN(C)[C@]3(C(=O)Nc4ccccc43)[C@]23C[C@H]2[C@@H]4CCc5cc(O)ccc5[C@H]4CC[C@]2(C)C3=O)cc1. The molecule has 41 heavy (non-hydrogen) atoms. The molecular formula is C36H38N2O3. The zero-order valence-corrected chi connectivity index (χ0v) is 24.1. The highest BCUT2D eigenvalue weighted by Gasteiger charge is 2.79. The van der Waals surface area contributed by atoms with Crippen molar-refractivity contribution >= 4 is 17.4 Å². The second kappa shape index (κ2) is 8.32. The van der Waals surface area contributed by atoms with Crippen molar-refractivity contribution < 1.29 is 14.7 Å². The lowest BCUT2D eigenvalue weighted by atomic mass is 9.55. The zero-order valence-electron chi connectivity index (χ0n) is 24.1. The summed E-state index contributed by atoms with van der Waals surface area (Å²) in [5, 5.41) is 13.4. The summed E-state index contributed by atoms with van der Waals surface area (Å²) in [7, 11) is 2.06. The molecule has 0 unspecified atom stereocenters. The highest BCUT2D eigenvalue weighted by atomic mass is 16.3. The summed E-state index contributed by atoms with van der Waals surface area (Å²) in [6.07, 6.45) is 4.48. The second-order valence-electron chi connectivity index (χ2n) is 13.8. The van der Waals surface area contributed by atoms with Gasteiger partial charge in [0, 0.05) is 29.1 Å². The first-order valence-electron chi connectivity index (χ1n) is 15.3. The first-order chi connectivity index (χ1) is 19.7. The fraction of sp³-hybridized carbons (Fsp3) is 0.444. The molecule has 210 valence electrons. The number of carbonyl (C=O) groups is 2. The van der Waals surface area contributed by atoms with Gasteiger partial charge >= 0.3 is 0 Å². The molecule has 1 saturated heterocycles. The van der Waals surface area contributed by atoms with Gasteiger partial charge < -0.3 is 10.4 Å². The number of likely N-dealkylation sites (tertiary alicyclic amines) is 1. The van der Waals surface area contributed by atoms with Crippen LogP contribution in [0.15, 0.2) is 66.7 Å². The third kappa shape index (κ3) is 2.96. The third-order valence-electron chi connectivity index (χ3n) is 12.2. The summed E-state index contributed by atoms with van der Waals surface area (Å²) in [4.78, 5) is 32.2. The number of anilines is 1. The lowest BCUT2D eigenvalue weighted by Gasteiger charge is -2.48. The van der Waals surface area contributed by atoms with Crippen LogP contribution in [0.1, 0.15) is 72.3 Å². The van der Waals surface area contributed by atoms with Crippen LogP contribution in [0.25, 0.3) is 0 Å². The summed E-state index contributed by atoms with van der Waals surface area (Å²) in [5.41, 5.74) is 4.38. The van der Waals surface area contributed by atoms with Gasteiger partial charge in [0.2, 0.25) is 0 Å². The number of amides is 1. The Hall–Kier alpha value is -3.44. The van der Waals surface area contributed by atoms with Crippen molar-refractivity contribution in [3.8, 4) is 5.75 Å². The molecule has 3 aliphatic carbocycles. The van der Waals surface area contributed by atoms with Gasteiger partial charge in [-0.05, 0) is 98.7 Å². The summed E-state index contributed by atoms with van der Waals surface area (Å²) in [5.74, 6) is 1.48. The fourth-order valence-electron chi connectivity index (χ4n) is 10.5. The Morgan fingerprint density at radius 3 is 2.59 bits per heavy atom. The Balaban J connectivity index is 1.34. The number of likely N-dealkylation sites (N-methyl/N-ethyl adjacent to an activating group) is 1. The van der Waals surface area contributed by atoms with Crippen LogP contribution in [0.3, 0.4) is 0 Å². The average Bonchev–Trinajstić information content (AvgIpc) is 3.51. The maximum Gasteiger partial charge on any atom is 0.250 e. The van der Waals surface area contributed by atoms with Gasteiger partial charge in [-0.2, -0.15) is 0 Å². The van der Waals surface area contributed by atoms with Crippen LogP contribution >= 0.6 is 0 Å². The van der Waals surface area contributed by atoms with Crippen molar-refractivity contribution in [2.75, 3.05) is 18.9 Å². The number of para-hydroxylation sites is 1. The molecule has 2 heterocycles. The van der Waals surface area contributed by atoms with E-state index in [0.29, 0.717) is 29.9 Å². The summed E-state index contributed by atoms with van der Waals surface area (Å²) in [6, 6.07) is 22.6. The Bertz CT molecular complexity index is 1610. The monoisotopic (exact) mass is 546 g/mol. The van der Waals surface area contributed by atoms with E-state index in [1.54, 1.807) is 0 Å². The number of nitrogens with one attached hydrogen (secondary N) is 1. The Morgan fingerprint density at radius 2 is 1.78 bits per heavy atom. The van der Waals surface area contributed by atoms with Gasteiger partial charge in [0.15, 0.2) is 0 Å². The van der Waals surface area contributed by atoms with Crippen LogP contribution in [0.2, 0.25) is 0 Å². The molecule has 3 aromatic carbocycles. The minimum atomic E-state index is -1.04. The molecule has 2 N–H and O–H groups in total. The fourth-order valence-corrected chi connectivity index (χ4v) is 10.5. The number of aromatic hydroxyl groups is 1. The standard InChI is InChI=1S/C36H38N2O3/c1-21-8-10-22(11-9-21)30-20-38(3)36(28-6-4-5-7-31(28)37-33(36)41)35(30)19-29-27-14-12-23-18-24(39)13-15-25(23)26(27)16-17-34(29,2)32(35)40/h4-11,13,15,18,26-27,29-30,39H,12,14,16-17,19-20H2,1-3H3,(H,37,41)/t26-,27-,29+,30-,34+,35-,36-/m1/s1. The first kappa shape index (κ1) is 25.3. The average molecular weight is 547 g/mol. The zero-order chi connectivity index (χ0) is 28.3. The topological polar surface area (TPSA) is 69.6 Å². The minimum absolute atomic E-state index is 0.0487. The quantitative estimate of drug-likeness (QED) is 0.376. The number of phenols is 1. The maximum absolute atomic E-state index is 15.5. The Labute approximate surface area is 242 Å². The van der Waals surface area contributed by atoms with Gasteiger partial charge in [0.25, 0.3) is 5.91 Å². The number of carbonyl (C=O) groups excluding carboxylic acids is 2. The number of hydrogen-bond acceptors (Lipinski definition) is 4. The van der Waals surface area contributed by atoms with Crippen LogP contribution in [0.4, 0.5) is 5.69 Å². The highest BCUT2D eigenvalue weighted by Crippen LogP contribution is 2.74.